The fourth-order valence-corrected chi connectivity index (χ4v) is 3.22. The maximum Gasteiger partial charge on any atom is 0.416 e. The van der Waals surface area contributed by atoms with Crippen molar-refractivity contribution in [3.05, 3.63) is 53.7 Å². The molecule has 31 heavy (non-hydrogen) atoms. The van der Waals surface area contributed by atoms with Crippen LogP contribution in [0.5, 0.6) is 5.75 Å². The molecule has 0 bridgehead atoms. The Balaban J connectivity index is 1.55. The maximum absolute atomic E-state index is 12.9. The van der Waals surface area contributed by atoms with E-state index < -0.39 is 41.7 Å². The van der Waals surface area contributed by atoms with Crippen LogP contribution >= 0.6 is 0 Å². The minimum atomic E-state index is -4.98. The molecule has 168 valence electrons. The Bertz CT molecular complexity index is 862. The summed E-state index contributed by atoms with van der Waals surface area (Å²) in [5, 5.41) is 2.70. The Kier molecular flexibility index (Phi) is 6.61. The monoisotopic (exact) mass is 447 g/mol. The topological polar surface area (TPSA) is 54.5 Å². The number of rotatable bonds is 5. The Morgan fingerprint density at radius 3 is 2.16 bits per heavy atom. The van der Waals surface area contributed by atoms with Gasteiger partial charge in [-0.05, 0) is 43.2 Å². The lowest BCUT2D eigenvalue weighted by atomic mass is 10.1. The number of benzene rings is 1. The lowest BCUT2D eigenvalue weighted by molar-refractivity contribution is -0.143. The Labute approximate surface area is 174 Å². The fraction of sp³-hybridized carbons (Fsp3) is 0.400. The van der Waals surface area contributed by atoms with Gasteiger partial charge in [-0.1, -0.05) is 6.07 Å². The van der Waals surface area contributed by atoms with E-state index in [0.29, 0.717) is 38.1 Å². The molecule has 5 nitrogen and oxygen atoms in total. The summed E-state index contributed by atoms with van der Waals surface area (Å²) in [6, 6.07) is 6.24. The zero-order valence-corrected chi connectivity index (χ0v) is 16.1. The average molecular weight is 447 g/mol. The second-order valence-corrected chi connectivity index (χ2v) is 7.05. The summed E-state index contributed by atoms with van der Waals surface area (Å²) in [6.07, 6.45) is -7.06. The summed E-state index contributed by atoms with van der Waals surface area (Å²) in [5.74, 6) is -0.481. The minimum absolute atomic E-state index is 0.00229. The molecule has 1 N–H and O–H groups in total. The average Bonchev–Trinajstić information content (AvgIpc) is 2.72. The molecule has 0 spiro atoms. The normalized spacial score (nSPS) is 15.6. The van der Waals surface area contributed by atoms with Gasteiger partial charge in [0.1, 0.15) is 11.6 Å². The Hall–Kier alpha value is -2.98. The van der Waals surface area contributed by atoms with Crippen LogP contribution in [0.1, 0.15) is 24.0 Å². The molecule has 1 aliphatic heterocycles. The number of carbonyl (C=O) groups is 1. The van der Waals surface area contributed by atoms with Crippen molar-refractivity contribution in [2.75, 3.05) is 24.6 Å². The van der Waals surface area contributed by atoms with E-state index in [4.69, 9.17) is 4.74 Å². The molecule has 11 heteroatoms. The summed E-state index contributed by atoms with van der Waals surface area (Å²) in [4.78, 5) is 18.4. The van der Waals surface area contributed by atoms with Crippen LogP contribution in [0.2, 0.25) is 0 Å². The molecule has 0 aliphatic carbocycles. The van der Waals surface area contributed by atoms with E-state index in [1.807, 2.05) is 12.1 Å². The third kappa shape index (κ3) is 6.25. The van der Waals surface area contributed by atoms with Crippen LogP contribution in [0.15, 0.2) is 42.6 Å². The van der Waals surface area contributed by atoms with E-state index in [1.165, 1.54) is 0 Å². The number of nitrogens with zero attached hydrogens (tertiary/aromatic N) is 2. The van der Waals surface area contributed by atoms with Crippen molar-refractivity contribution in [1.29, 1.82) is 0 Å². The van der Waals surface area contributed by atoms with E-state index in [2.05, 4.69) is 15.2 Å². The maximum atomic E-state index is 12.9. The molecule has 1 saturated heterocycles. The highest BCUT2D eigenvalue weighted by molar-refractivity contribution is 5.77. The number of pyridine rings is 1. The van der Waals surface area contributed by atoms with Gasteiger partial charge in [-0.25, -0.2) is 4.98 Å². The summed E-state index contributed by atoms with van der Waals surface area (Å²) in [6.45, 7) is 0.593. The Morgan fingerprint density at radius 2 is 1.65 bits per heavy atom. The molecule has 0 unspecified atom stereocenters. The zero-order valence-electron chi connectivity index (χ0n) is 16.1. The molecule has 2 aromatic rings. The highest BCUT2D eigenvalue weighted by Gasteiger charge is 2.37. The van der Waals surface area contributed by atoms with Crippen molar-refractivity contribution in [2.45, 2.75) is 31.2 Å². The van der Waals surface area contributed by atoms with Gasteiger partial charge in [-0.15, -0.1) is 0 Å². The smallest absolute Gasteiger partial charge is 0.416 e. The first-order valence-electron chi connectivity index (χ1n) is 9.40. The quantitative estimate of drug-likeness (QED) is 0.696. The molecule has 0 saturated carbocycles. The number of anilines is 1. The van der Waals surface area contributed by atoms with Gasteiger partial charge >= 0.3 is 12.4 Å². The molecule has 1 amide bonds. The first-order valence-corrected chi connectivity index (χ1v) is 9.40. The van der Waals surface area contributed by atoms with Crippen molar-refractivity contribution < 1.29 is 35.9 Å². The van der Waals surface area contributed by atoms with E-state index in [9.17, 15) is 31.1 Å². The number of piperidine rings is 1. The third-order valence-corrected chi connectivity index (χ3v) is 4.76. The van der Waals surface area contributed by atoms with Gasteiger partial charge in [-0.3, -0.25) is 4.79 Å². The second-order valence-electron chi connectivity index (χ2n) is 7.05. The molecule has 1 aromatic carbocycles. The fourth-order valence-electron chi connectivity index (χ4n) is 3.22. The van der Waals surface area contributed by atoms with Gasteiger partial charge in [0.25, 0.3) is 5.91 Å². The highest BCUT2D eigenvalue weighted by Crippen LogP contribution is 2.38. The first kappa shape index (κ1) is 22.7. The SMILES string of the molecule is O=C(COc1cc(C(F)(F)F)cc(C(F)(F)F)c1)NC1CCN(c2ccccn2)CC1. The molecule has 1 aliphatic rings. The molecule has 1 aromatic heterocycles. The number of carbonyl (C=O) groups excluding carboxylic acids is 1. The lowest BCUT2D eigenvalue weighted by Crippen LogP contribution is -2.46. The number of nitrogens with one attached hydrogen (secondary N) is 1. The second kappa shape index (κ2) is 9.03. The van der Waals surface area contributed by atoms with Crippen molar-refractivity contribution in [3.63, 3.8) is 0 Å². The van der Waals surface area contributed by atoms with Crippen LogP contribution in [-0.4, -0.2) is 36.6 Å². The lowest BCUT2D eigenvalue weighted by Gasteiger charge is -2.33. The molecule has 2 heterocycles. The summed E-state index contributed by atoms with van der Waals surface area (Å²) >= 11 is 0. The van der Waals surface area contributed by atoms with Crippen molar-refractivity contribution in [3.8, 4) is 5.75 Å². The van der Waals surface area contributed by atoms with Crippen molar-refractivity contribution in [1.82, 2.24) is 10.3 Å². The van der Waals surface area contributed by atoms with E-state index >= 15 is 0 Å². The van der Waals surface area contributed by atoms with Crippen LogP contribution in [0.25, 0.3) is 0 Å². The van der Waals surface area contributed by atoms with Gasteiger partial charge in [0, 0.05) is 25.3 Å². The third-order valence-electron chi connectivity index (χ3n) is 4.76. The summed E-state index contributed by atoms with van der Waals surface area (Å²) in [7, 11) is 0. The van der Waals surface area contributed by atoms with E-state index in [-0.39, 0.29) is 12.1 Å². The van der Waals surface area contributed by atoms with Crippen molar-refractivity contribution in [2.24, 2.45) is 0 Å². The highest BCUT2D eigenvalue weighted by atomic mass is 19.4. The number of hydrogen-bond acceptors (Lipinski definition) is 4. The predicted molar refractivity (Wildman–Crippen MR) is 99.6 cm³/mol. The van der Waals surface area contributed by atoms with Gasteiger partial charge in [0.15, 0.2) is 6.61 Å². The van der Waals surface area contributed by atoms with Crippen LogP contribution < -0.4 is 15.0 Å². The van der Waals surface area contributed by atoms with Crippen LogP contribution in [0.4, 0.5) is 32.2 Å². The summed E-state index contributed by atoms with van der Waals surface area (Å²) < 4.78 is 82.3. The van der Waals surface area contributed by atoms with Crippen molar-refractivity contribution >= 4 is 11.7 Å². The molecule has 3 rings (SSSR count). The number of alkyl halides is 6. The van der Waals surface area contributed by atoms with Gasteiger partial charge in [0.05, 0.1) is 11.1 Å². The number of amides is 1. The molecular weight excluding hydrogens is 428 g/mol. The summed E-state index contributed by atoms with van der Waals surface area (Å²) in [5.41, 5.74) is -3.00. The van der Waals surface area contributed by atoms with Crippen LogP contribution in [0.3, 0.4) is 0 Å². The molecule has 0 radical (unpaired) electrons. The molecule has 1 fully saturated rings. The van der Waals surface area contributed by atoms with E-state index in [1.54, 1.807) is 12.3 Å². The van der Waals surface area contributed by atoms with Crippen LogP contribution in [0, 0.1) is 0 Å². The number of hydrogen-bond donors (Lipinski definition) is 1. The Morgan fingerprint density at radius 1 is 1.03 bits per heavy atom. The van der Waals surface area contributed by atoms with Gasteiger partial charge in [0.2, 0.25) is 0 Å². The number of halogens is 6. The standard InChI is InChI=1S/C20H19F6N3O2/c21-19(22,23)13-9-14(20(24,25)26)11-16(10-13)31-12-18(30)28-15-4-7-29(8-5-15)17-3-1-2-6-27-17/h1-3,6,9-11,15H,4-5,7-8,12H2,(H,28,30). The van der Waals surface area contributed by atoms with Crippen LogP contribution in [-0.2, 0) is 17.1 Å². The molecule has 0 atom stereocenters. The first-order chi connectivity index (χ1) is 14.5. The predicted octanol–water partition coefficient (Wildman–Crippen LogP) is 4.28. The van der Waals surface area contributed by atoms with E-state index in [0.717, 1.165) is 5.82 Å². The zero-order chi connectivity index (χ0) is 22.6. The minimum Gasteiger partial charge on any atom is -0.484 e. The van der Waals surface area contributed by atoms with Gasteiger partial charge < -0.3 is 15.0 Å². The van der Waals surface area contributed by atoms with Gasteiger partial charge in [-0.2, -0.15) is 26.3 Å². The molecular formula is C20H19F6N3O2. The number of aromatic nitrogens is 1. The largest absolute Gasteiger partial charge is 0.484 e. The number of ether oxygens (including phenoxy) is 1.